The second-order valence-electron chi connectivity index (χ2n) is 4.89. The van der Waals surface area contributed by atoms with Gasteiger partial charge in [-0.1, -0.05) is 15.9 Å². The van der Waals surface area contributed by atoms with Crippen molar-refractivity contribution in [2.75, 3.05) is 33.3 Å². The van der Waals surface area contributed by atoms with Gasteiger partial charge in [0.15, 0.2) is 0 Å². The van der Waals surface area contributed by atoms with Gasteiger partial charge in [0.1, 0.15) is 18.9 Å². The van der Waals surface area contributed by atoms with Crippen molar-refractivity contribution in [2.24, 2.45) is 0 Å². The molecule has 0 bridgehead atoms. The third-order valence-corrected chi connectivity index (χ3v) is 3.20. The standard InChI is InChI=1S/C14H17BrF3N3O3/c1-21(6-7-24-11-4-2-10(15)3-5-11)8-12(22)20-13(23)19-9-14(16,17)18/h2-5H,6-9H2,1H3,(H2,19,20,22,23). The van der Waals surface area contributed by atoms with Crippen molar-refractivity contribution in [3.05, 3.63) is 28.7 Å². The summed E-state index contributed by atoms with van der Waals surface area (Å²) < 4.78 is 42.1. The van der Waals surface area contributed by atoms with Crippen LogP contribution in [0.15, 0.2) is 28.7 Å². The van der Waals surface area contributed by atoms with Crippen LogP contribution in [0, 0.1) is 0 Å². The van der Waals surface area contributed by atoms with Crippen LogP contribution in [-0.2, 0) is 4.79 Å². The maximum atomic E-state index is 11.9. The van der Waals surface area contributed by atoms with Gasteiger partial charge < -0.3 is 10.1 Å². The number of nitrogens with one attached hydrogen (secondary N) is 2. The summed E-state index contributed by atoms with van der Waals surface area (Å²) in [4.78, 5) is 24.2. The summed E-state index contributed by atoms with van der Waals surface area (Å²) in [6.45, 7) is -0.939. The van der Waals surface area contributed by atoms with Crippen molar-refractivity contribution < 1.29 is 27.5 Å². The molecule has 0 unspecified atom stereocenters. The van der Waals surface area contributed by atoms with E-state index in [1.54, 1.807) is 29.4 Å². The molecule has 0 aliphatic heterocycles. The molecule has 3 amide bonds. The zero-order chi connectivity index (χ0) is 18.2. The van der Waals surface area contributed by atoms with Gasteiger partial charge in [-0.3, -0.25) is 15.0 Å². The fourth-order valence-electron chi connectivity index (χ4n) is 1.57. The highest BCUT2D eigenvalue weighted by atomic mass is 79.9. The largest absolute Gasteiger partial charge is 0.492 e. The normalized spacial score (nSPS) is 11.2. The Morgan fingerprint density at radius 3 is 2.46 bits per heavy atom. The number of hydrogen-bond donors (Lipinski definition) is 2. The number of imide groups is 1. The van der Waals surface area contributed by atoms with Gasteiger partial charge in [-0.25, -0.2) is 4.79 Å². The van der Waals surface area contributed by atoms with Crippen molar-refractivity contribution in [1.29, 1.82) is 0 Å². The van der Waals surface area contributed by atoms with Gasteiger partial charge in [-0.05, 0) is 31.3 Å². The lowest BCUT2D eigenvalue weighted by Gasteiger charge is -2.16. The van der Waals surface area contributed by atoms with Gasteiger partial charge in [-0.2, -0.15) is 13.2 Å². The number of benzene rings is 1. The number of likely N-dealkylation sites (N-methyl/N-ethyl adjacent to an activating group) is 1. The molecule has 6 nitrogen and oxygen atoms in total. The molecule has 0 heterocycles. The van der Waals surface area contributed by atoms with Gasteiger partial charge in [0.05, 0.1) is 6.54 Å². The Balaban J connectivity index is 2.21. The first-order chi connectivity index (χ1) is 11.2. The van der Waals surface area contributed by atoms with Crippen molar-refractivity contribution in [3.8, 4) is 5.75 Å². The summed E-state index contributed by atoms with van der Waals surface area (Å²) in [6, 6.07) is 6.03. The highest BCUT2D eigenvalue weighted by Crippen LogP contribution is 2.15. The molecule has 0 saturated heterocycles. The van der Waals surface area contributed by atoms with Crippen molar-refractivity contribution >= 4 is 27.9 Å². The fourth-order valence-corrected chi connectivity index (χ4v) is 1.83. The van der Waals surface area contributed by atoms with Crippen LogP contribution in [0.3, 0.4) is 0 Å². The van der Waals surface area contributed by atoms with Crippen LogP contribution < -0.4 is 15.4 Å². The minimum atomic E-state index is -4.53. The summed E-state index contributed by atoms with van der Waals surface area (Å²) in [6.07, 6.45) is -4.53. The number of urea groups is 1. The molecule has 0 radical (unpaired) electrons. The van der Waals surface area contributed by atoms with Crippen LogP contribution in [0.2, 0.25) is 0 Å². The fraction of sp³-hybridized carbons (Fsp3) is 0.429. The highest BCUT2D eigenvalue weighted by molar-refractivity contribution is 9.10. The lowest BCUT2D eigenvalue weighted by molar-refractivity contribution is -0.125. The molecule has 10 heteroatoms. The molecule has 1 aromatic carbocycles. The molecule has 1 aromatic rings. The second-order valence-corrected chi connectivity index (χ2v) is 5.80. The van der Waals surface area contributed by atoms with Gasteiger partial charge in [0.25, 0.3) is 0 Å². The van der Waals surface area contributed by atoms with Crippen LogP contribution in [0.25, 0.3) is 0 Å². The van der Waals surface area contributed by atoms with Gasteiger partial charge >= 0.3 is 12.2 Å². The van der Waals surface area contributed by atoms with Crippen LogP contribution in [0.1, 0.15) is 0 Å². The number of amides is 3. The van der Waals surface area contributed by atoms with Crippen LogP contribution in [0.5, 0.6) is 5.75 Å². The maximum Gasteiger partial charge on any atom is 0.405 e. The van der Waals surface area contributed by atoms with Crippen LogP contribution in [-0.4, -0.2) is 56.3 Å². The van der Waals surface area contributed by atoms with E-state index in [1.165, 1.54) is 0 Å². The Morgan fingerprint density at radius 2 is 1.88 bits per heavy atom. The molecule has 0 atom stereocenters. The highest BCUT2D eigenvalue weighted by Gasteiger charge is 2.28. The van der Waals surface area contributed by atoms with Gasteiger partial charge in [0, 0.05) is 11.0 Å². The third-order valence-electron chi connectivity index (χ3n) is 2.67. The number of rotatable bonds is 7. The molecule has 2 N–H and O–H groups in total. The SMILES string of the molecule is CN(CCOc1ccc(Br)cc1)CC(=O)NC(=O)NCC(F)(F)F. The molecule has 0 aliphatic rings. The summed E-state index contributed by atoms with van der Waals surface area (Å²) in [5.74, 6) is -0.0385. The minimum Gasteiger partial charge on any atom is -0.492 e. The van der Waals surface area contributed by atoms with Crippen LogP contribution >= 0.6 is 15.9 Å². The van der Waals surface area contributed by atoms with E-state index in [9.17, 15) is 22.8 Å². The van der Waals surface area contributed by atoms with E-state index in [4.69, 9.17) is 4.74 Å². The maximum absolute atomic E-state index is 11.9. The number of alkyl halides is 3. The lowest BCUT2D eigenvalue weighted by atomic mass is 10.3. The summed E-state index contributed by atoms with van der Waals surface area (Å²) in [5, 5.41) is 3.37. The zero-order valence-corrected chi connectivity index (χ0v) is 14.4. The summed E-state index contributed by atoms with van der Waals surface area (Å²) in [7, 11) is 1.62. The Labute approximate surface area is 145 Å². The van der Waals surface area contributed by atoms with E-state index in [-0.39, 0.29) is 6.54 Å². The van der Waals surface area contributed by atoms with Crippen LogP contribution in [0.4, 0.5) is 18.0 Å². The van der Waals surface area contributed by atoms with E-state index < -0.39 is 24.7 Å². The number of carbonyl (C=O) groups is 2. The average molecular weight is 412 g/mol. The van der Waals surface area contributed by atoms with E-state index in [0.717, 1.165) is 4.47 Å². The number of carbonyl (C=O) groups excluding carboxylic acids is 2. The lowest BCUT2D eigenvalue weighted by Crippen LogP contribution is -2.46. The summed E-state index contributed by atoms with van der Waals surface area (Å²) >= 11 is 3.30. The molecule has 0 fully saturated rings. The zero-order valence-electron chi connectivity index (χ0n) is 12.8. The smallest absolute Gasteiger partial charge is 0.405 e. The molecule has 0 spiro atoms. The first-order valence-corrected chi connectivity index (χ1v) is 7.66. The molecule has 134 valence electrons. The van der Waals surface area contributed by atoms with E-state index in [0.29, 0.717) is 18.9 Å². The Bertz CT molecular complexity index is 552. The first-order valence-electron chi connectivity index (χ1n) is 6.87. The average Bonchev–Trinajstić information content (AvgIpc) is 2.46. The van der Waals surface area contributed by atoms with Gasteiger partial charge in [-0.15, -0.1) is 0 Å². The monoisotopic (exact) mass is 411 g/mol. The molecule has 0 aliphatic carbocycles. The number of nitrogens with zero attached hydrogens (tertiary/aromatic N) is 1. The molecule has 1 rings (SSSR count). The molecule has 0 aromatic heterocycles. The van der Waals surface area contributed by atoms with Gasteiger partial charge in [0.2, 0.25) is 5.91 Å². The van der Waals surface area contributed by atoms with Crippen molar-refractivity contribution in [3.63, 3.8) is 0 Å². The Morgan fingerprint density at radius 1 is 1.25 bits per heavy atom. The van der Waals surface area contributed by atoms with Crippen molar-refractivity contribution in [2.45, 2.75) is 6.18 Å². The van der Waals surface area contributed by atoms with E-state index in [1.807, 2.05) is 17.4 Å². The van der Waals surface area contributed by atoms with E-state index >= 15 is 0 Å². The van der Waals surface area contributed by atoms with Crippen molar-refractivity contribution in [1.82, 2.24) is 15.5 Å². The number of halogens is 4. The Kier molecular flexibility index (Phi) is 7.99. The number of ether oxygens (including phenoxy) is 1. The van der Waals surface area contributed by atoms with E-state index in [2.05, 4.69) is 15.9 Å². The number of hydrogen-bond acceptors (Lipinski definition) is 4. The summed E-state index contributed by atoms with van der Waals surface area (Å²) in [5.41, 5.74) is 0. The minimum absolute atomic E-state index is 0.150. The predicted octanol–water partition coefficient (Wildman–Crippen LogP) is 2.15. The third kappa shape index (κ3) is 9.36. The quantitative estimate of drug-likeness (QED) is 0.720. The molecule has 0 saturated carbocycles. The molecular formula is C14H17BrF3N3O3. The predicted molar refractivity (Wildman–Crippen MR) is 84.7 cm³/mol. The molecule has 24 heavy (non-hydrogen) atoms. The topological polar surface area (TPSA) is 70.7 Å². The molecular weight excluding hydrogens is 395 g/mol. The Hall–Kier alpha value is -1.81. The second kappa shape index (κ2) is 9.48. The first kappa shape index (κ1) is 20.2.